The molecule has 0 saturated heterocycles. The fourth-order valence-corrected chi connectivity index (χ4v) is 4.73. The van der Waals surface area contributed by atoms with E-state index in [1.165, 1.54) is 41.8 Å². The zero-order valence-corrected chi connectivity index (χ0v) is 16.6. The van der Waals surface area contributed by atoms with Crippen molar-refractivity contribution in [1.82, 2.24) is 4.98 Å². The van der Waals surface area contributed by atoms with Crippen LogP contribution < -0.4 is 14.8 Å². The smallest absolute Gasteiger partial charge is 0.265 e. The zero-order valence-electron chi connectivity index (χ0n) is 14.3. The first kappa shape index (κ1) is 18.7. The minimum absolute atomic E-state index is 0.0693. The summed E-state index contributed by atoms with van der Waals surface area (Å²) in [6.45, 7) is 0. The normalized spacial score (nSPS) is 15.5. The number of rotatable bonds is 5. The summed E-state index contributed by atoms with van der Waals surface area (Å²) < 4.78 is 32.7. The van der Waals surface area contributed by atoms with Gasteiger partial charge in [-0.15, -0.1) is 11.3 Å². The van der Waals surface area contributed by atoms with Gasteiger partial charge in [0.25, 0.3) is 15.9 Å². The summed E-state index contributed by atoms with van der Waals surface area (Å²) >= 11 is 7.15. The number of halogens is 1. The molecule has 1 aliphatic rings. The number of hydrogen-bond acceptors (Lipinski definition) is 6. The number of anilines is 2. The summed E-state index contributed by atoms with van der Waals surface area (Å²) in [5.41, 5.74) is 1.35. The van der Waals surface area contributed by atoms with Gasteiger partial charge in [0.15, 0.2) is 11.2 Å². The van der Waals surface area contributed by atoms with Crippen LogP contribution >= 0.6 is 22.9 Å². The van der Waals surface area contributed by atoms with Gasteiger partial charge in [-0.1, -0.05) is 11.6 Å². The van der Waals surface area contributed by atoms with Crippen molar-refractivity contribution in [3.8, 4) is 5.75 Å². The summed E-state index contributed by atoms with van der Waals surface area (Å²) in [7, 11) is -3.74. The summed E-state index contributed by atoms with van der Waals surface area (Å²) in [5, 5.41) is 5.29. The fourth-order valence-electron chi connectivity index (χ4n) is 2.75. The van der Waals surface area contributed by atoms with Crippen molar-refractivity contribution in [3.05, 3.63) is 64.6 Å². The van der Waals surface area contributed by atoms with E-state index in [0.717, 1.165) is 5.56 Å². The highest BCUT2D eigenvalue weighted by Crippen LogP contribution is 2.31. The Morgan fingerprint density at radius 1 is 1.21 bits per heavy atom. The molecule has 10 heteroatoms. The minimum atomic E-state index is -3.74. The third-order valence-electron chi connectivity index (χ3n) is 4.08. The summed E-state index contributed by atoms with van der Waals surface area (Å²) in [4.78, 5) is 16.4. The molecule has 1 unspecified atom stereocenters. The molecule has 1 aliphatic heterocycles. The molecule has 2 aromatic carbocycles. The van der Waals surface area contributed by atoms with Crippen LogP contribution in [0.25, 0.3) is 0 Å². The maximum atomic E-state index is 12.5. The Labute approximate surface area is 170 Å². The molecule has 4 rings (SSSR count). The molecule has 3 aromatic rings. The fraction of sp³-hybridized carbons (Fsp3) is 0.111. The van der Waals surface area contributed by atoms with Crippen LogP contribution in [0.3, 0.4) is 0 Å². The van der Waals surface area contributed by atoms with E-state index in [0.29, 0.717) is 22.9 Å². The number of nitrogens with one attached hydrogen (secondary N) is 2. The molecular weight excluding hydrogens is 422 g/mol. The van der Waals surface area contributed by atoms with Crippen molar-refractivity contribution in [2.75, 3.05) is 10.0 Å². The molecule has 28 heavy (non-hydrogen) atoms. The van der Waals surface area contributed by atoms with Crippen LogP contribution in [0.5, 0.6) is 5.75 Å². The average molecular weight is 436 g/mol. The predicted octanol–water partition coefficient (Wildman–Crippen LogP) is 3.54. The summed E-state index contributed by atoms with van der Waals surface area (Å²) in [6.07, 6.45) is 1.27. The van der Waals surface area contributed by atoms with Crippen molar-refractivity contribution in [1.29, 1.82) is 0 Å². The lowest BCUT2D eigenvalue weighted by Gasteiger charge is -2.12. The second kappa shape index (κ2) is 7.42. The highest BCUT2D eigenvalue weighted by molar-refractivity contribution is 7.93. The molecule has 2 N–H and O–H groups in total. The van der Waals surface area contributed by atoms with Crippen LogP contribution in [-0.4, -0.2) is 25.4 Å². The number of carbonyl (C=O) groups excluding carboxylic acids is 1. The predicted molar refractivity (Wildman–Crippen MR) is 108 cm³/mol. The maximum Gasteiger partial charge on any atom is 0.265 e. The van der Waals surface area contributed by atoms with E-state index in [9.17, 15) is 13.2 Å². The minimum Gasteiger partial charge on any atom is -0.480 e. The maximum absolute atomic E-state index is 12.5. The number of hydrogen-bond donors (Lipinski definition) is 2. The Hall–Kier alpha value is -2.62. The van der Waals surface area contributed by atoms with Gasteiger partial charge < -0.3 is 10.1 Å². The first-order chi connectivity index (χ1) is 13.4. The lowest BCUT2D eigenvalue weighted by atomic mass is 10.1. The molecule has 2 heterocycles. The molecule has 7 nitrogen and oxygen atoms in total. The molecule has 0 fully saturated rings. The van der Waals surface area contributed by atoms with Crippen molar-refractivity contribution < 1.29 is 17.9 Å². The lowest BCUT2D eigenvalue weighted by molar-refractivity contribution is -0.122. The SMILES string of the molecule is O=C(Nc1ccc(S(=O)(=O)Nc2nccs2)cc1)C1Cc2cc(Cl)ccc2O1. The van der Waals surface area contributed by atoms with E-state index in [1.54, 1.807) is 23.6 Å². The molecule has 0 bridgehead atoms. The molecule has 0 saturated carbocycles. The average Bonchev–Trinajstić information content (AvgIpc) is 3.31. The second-order valence-corrected chi connectivity index (χ2v) is 9.03. The van der Waals surface area contributed by atoms with Gasteiger partial charge in [0.2, 0.25) is 0 Å². The van der Waals surface area contributed by atoms with Gasteiger partial charge in [-0.2, -0.15) is 0 Å². The topological polar surface area (TPSA) is 97.4 Å². The first-order valence-electron chi connectivity index (χ1n) is 8.19. The molecule has 1 aromatic heterocycles. The van der Waals surface area contributed by atoms with Crippen molar-refractivity contribution in [2.24, 2.45) is 0 Å². The van der Waals surface area contributed by atoms with Crippen LogP contribution in [0, 0.1) is 0 Å². The highest BCUT2D eigenvalue weighted by atomic mass is 35.5. The van der Waals surface area contributed by atoms with Gasteiger partial charge in [0.1, 0.15) is 5.75 Å². The Balaban J connectivity index is 1.41. The van der Waals surface area contributed by atoms with E-state index in [-0.39, 0.29) is 15.9 Å². The second-order valence-electron chi connectivity index (χ2n) is 6.02. The monoisotopic (exact) mass is 435 g/mol. The standard InChI is InChI=1S/C18H14ClN3O4S2/c19-12-1-6-15-11(9-12)10-16(26-15)17(23)21-13-2-4-14(5-3-13)28(24,25)22-18-20-7-8-27-18/h1-9,16H,10H2,(H,20,22)(H,21,23). The Kier molecular flexibility index (Phi) is 4.96. The number of amides is 1. The van der Waals surface area contributed by atoms with Crippen LogP contribution in [0.2, 0.25) is 5.02 Å². The molecule has 1 atom stereocenters. The van der Waals surface area contributed by atoms with E-state index >= 15 is 0 Å². The van der Waals surface area contributed by atoms with Crippen molar-refractivity contribution in [2.45, 2.75) is 17.4 Å². The molecular formula is C18H14ClN3O4S2. The third kappa shape index (κ3) is 3.96. The van der Waals surface area contributed by atoms with Gasteiger partial charge in [-0.25, -0.2) is 13.4 Å². The lowest BCUT2D eigenvalue weighted by Crippen LogP contribution is -2.31. The molecule has 0 aliphatic carbocycles. The number of carbonyl (C=O) groups is 1. The first-order valence-corrected chi connectivity index (χ1v) is 10.9. The Morgan fingerprint density at radius 3 is 2.71 bits per heavy atom. The van der Waals surface area contributed by atoms with Gasteiger partial charge >= 0.3 is 0 Å². The van der Waals surface area contributed by atoms with E-state index < -0.39 is 16.1 Å². The van der Waals surface area contributed by atoms with Gasteiger partial charge in [-0.05, 0) is 48.0 Å². The quantitative estimate of drug-likeness (QED) is 0.638. The van der Waals surface area contributed by atoms with Crippen LogP contribution in [0.4, 0.5) is 10.8 Å². The number of ether oxygens (including phenoxy) is 1. The largest absolute Gasteiger partial charge is 0.480 e. The molecule has 0 spiro atoms. The Morgan fingerprint density at radius 2 is 2.00 bits per heavy atom. The third-order valence-corrected chi connectivity index (χ3v) is 6.48. The van der Waals surface area contributed by atoms with Crippen molar-refractivity contribution in [3.63, 3.8) is 0 Å². The molecule has 0 radical (unpaired) electrons. The summed E-state index contributed by atoms with van der Waals surface area (Å²) in [5.74, 6) is 0.322. The van der Waals surface area contributed by atoms with E-state index in [4.69, 9.17) is 16.3 Å². The van der Waals surface area contributed by atoms with Crippen molar-refractivity contribution >= 4 is 49.7 Å². The van der Waals surface area contributed by atoms with Crippen LogP contribution in [0.15, 0.2) is 58.9 Å². The van der Waals surface area contributed by atoms with E-state index in [2.05, 4.69) is 15.0 Å². The number of benzene rings is 2. The number of nitrogens with zero attached hydrogens (tertiary/aromatic N) is 1. The van der Waals surface area contributed by atoms with Crippen LogP contribution in [-0.2, 0) is 21.2 Å². The van der Waals surface area contributed by atoms with Crippen LogP contribution in [0.1, 0.15) is 5.56 Å². The van der Waals surface area contributed by atoms with Gasteiger partial charge in [0.05, 0.1) is 4.90 Å². The zero-order chi connectivity index (χ0) is 19.7. The van der Waals surface area contributed by atoms with Gasteiger partial charge in [-0.3, -0.25) is 9.52 Å². The number of thiazole rings is 1. The number of aromatic nitrogens is 1. The van der Waals surface area contributed by atoms with Gasteiger partial charge in [0, 0.05) is 28.7 Å². The number of sulfonamides is 1. The highest BCUT2D eigenvalue weighted by Gasteiger charge is 2.29. The summed E-state index contributed by atoms with van der Waals surface area (Å²) in [6, 6.07) is 11.1. The number of fused-ring (bicyclic) bond motifs is 1. The molecule has 144 valence electrons. The Bertz CT molecular complexity index is 1120. The van der Waals surface area contributed by atoms with E-state index in [1.807, 2.05) is 0 Å². The molecule has 1 amide bonds.